The van der Waals surface area contributed by atoms with E-state index < -0.39 is 16.1 Å². The second-order valence-electron chi connectivity index (χ2n) is 4.32. The fourth-order valence-corrected chi connectivity index (χ4v) is 3.65. The molecule has 19 heavy (non-hydrogen) atoms. The standard InChI is InChI=1S/C12H15N3O3S/c1-9-11(14)3-2-4-12(9)19(16,17)15-5-6-18-10(7-13)8-15/h2-4,10H,5-6,8,14H2,1H3. The third-order valence-corrected chi connectivity index (χ3v) is 5.13. The molecule has 1 fully saturated rings. The summed E-state index contributed by atoms with van der Waals surface area (Å²) in [4.78, 5) is 0.186. The zero-order valence-corrected chi connectivity index (χ0v) is 11.4. The summed E-state index contributed by atoms with van der Waals surface area (Å²) in [5.74, 6) is 0. The lowest BCUT2D eigenvalue weighted by molar-refractivity contribution is 0.0311. The van der Waals surface area contributed by atoms with Gasteiger partial charge in [0, 0.05) is 12.2 Å². The fraction of sp³-hybridized carbons (Fsp3) is 0.417. The van der Waals surface area contributed by atoms with Crippen LogP contribution in [0.15, 0.2) is 23.1 Å². The van der Waals surface area contributed by atoms with E-state index in [4.69, 9.17) is 15.7 Å². The van der Waals surface area contributed by atoms with Gasteiger partial charge in [-0.25, -0.2) is 8.42 Å². The second kappa shape index (κ2) is 5.17. The van der Waals surface area contributed by atoms with E-state index >= 15 is 0 Å². The summed E-state index contributed by atoms with van der Waals surface area (Å²) in [6, 6.07) is 6.72. The molecule has 7 heteroatoms. The van der Waals surface area contributed by atoms with Gasteiger partial charge in [-0.1, -0.05) is 6.07 Å². The minimum atomic E-state index is -3.64. The first kappa shape index (κ1) is 13.8. The lowest BCUT2D eigenvalue weighted by Gasteiger charge is -2.29. The number of ether oxygens (including phenoxy) is 1. The van der Waals surface area contributed by atoms with Gasteiger partial charge in [0.2, 0.25) is 10.0 Å². The molecule has 6 nitrogen and oxygen atoms in total. The molecule has 0 spiro atoms. The molecular formula is C12H15N3O3S. The summed E-state index contributed by atoms with van der Waals surface area (Å²) in [6.07, 6.45) is -0.718. The van der Waals surface area contributed by atoms with Crippen LogP contribution in [0.2, 0.25) is 0 Å². The molecule has 0 radical (unpaired) electrons. The molecule has 1 aromatic rings. The van der Waals surface area contributed by atoms with Crippen molar-refractivity contribution < 1.29 is 13.2 Å². The number of hydrogen-bond donors (Lipinski definition) is 1. The Labute approximate surface area is 112 Å². The van der Waals surface area contributed by atoms with Gasteiger partial charge >= 0.3 is 0 Å². The summed E-state index contributed by atoms with van der Waals surface area (Å²) >= 11 is 0. The highest BCUT2D eigenvalue weighted by Crippen LogP contribution is 2.25. The molecule has 0 aromatic heterocycles. The maximum absolute atomic E-state index is 12.5. The number of nitrogens with two attached hydrogens (primary N) is 1. The van der Waals surface area contributed by atoms with E-state index in [-0.39, 0.29) is 24.6 Å². The van der Waals surface area contributed by atoms with Crippen molar-refractivity contribution in [2.24, 2.45) is 0 Å². The number of hydrogen-bond acceptors (Lipinski definition) is 5. The Hall–Kier alpha value is -1.62. The lowest BCUT2D eigenvalue weighted by atomic mass is 10.2. The highest BCUT2D eigenvalue weighted by Gasteiger charge is 2.31. The molecular weight excluding hydrogens is 266 g/mol. The van der Waals surface area contributed by atoms with Crippen molar-refractivity contribution in [3.8, 4) is 6.07 Å². The zero-order chi connectivity index (χ0) is 14.0. The molecule has 1 atom stereocenters. The molecule has 1 saturated heterocycles. The van der Waals surface area contributed by atoms with Crippen LogP contribution in [0.1, 0.15) is 5.56 Å². The van der Waals surface area contributed by atoms with Crippen LogP contribution in [-0.4, -0.2) is 38.5 Å². The number of rotatable bonds is 2. The number of benzene rings is 1. The normalized spacial score (nSPS) is 20.9. The average molecular weight is 281 g/mol. The van der Waals surface area contributed by atoms with Crippen molar-refractivity contribution in [3.63, 3.8) is 0 Å². The van der Waals surface area contributed by atoms with Gasteiger partial charge in [0.05, 0.1) is 24.1 Å². The van der Waals surface area contributed by atoms with Crippen molar-refractivity contribution in [2.45, 2.75) is 17.9 Å². The van der Waals surface area contributed by atoms with Crippen LogP contribution in [0.3, 0.4) is 0 Å². The smallest absolute Gasteiger partial charge is 0.243 e. The average Bonchev–Trinajstić information content (AvgIpc) is 2.41. The quantitative estimate of drug-likeness (QED) is 0.796. The largest absolute Gasteiger partial charge is 0.398 e. The van der Waals surface area contributed by atoms with E-state index in [1.807, 2.05) is 6.07 Å². The molecule has 0 bridgehead atoms. The first-order chi connectivity index (χ1) is 8.96. The Morgan fingerprint density at radius 1 is 1.53 bits per heavy atom. The van der Waals surface area contributed by atoms with Crippen LogP contribution in [0.5, 0.6) is 0 Å². The number of nitrogen functional groups attached to an aromatic ring is 1. The number of anilines is 1. The van der Waals surface area contributed by atoms with Crippen molar-refractivity contribution >= 4 is 15.7 Å². The maximum Gasteiger partial charge on any atom is 0.243 e. The molecule has 1 heterocycles. The maximum atomic E-state index is 12.5. The molecule has 0 amide bonds. The van der Waals surface area contributed by atoms with Gasteiger partial charge < -0.3 is 10.5 Å². The van der Waals surface area contributed by atoms with Gasteiger partial charge in [0.15, 0.2) is 6.10 Å². The Morgan fingerprint density at radius 2 is 2.26 bits per heavy atom. The van der Waals surface area contributed by atoms with Crippen molar-refractivity contribution in [1.29, 1.82) is 5.26 Å². The minimum absolute atomic E-state index is 0.0487. The summed E-state index contributed by atoms with van der Waals surface area (Å²) in [5.41, 5.74) is 6.71. The summed E-state index contributed by atoms with van der Waals surface area (Å²) in [7, 11) is -3.64. The second-order valence-corrected chi connectivity index (χ2v) is 6.23. The molecule has 0 aliphatic carbocycles. The van der Waals surface area contributed by atoms with Crippen molar-refractivity contribution in [2.75, 3.05) is 25.4 Å². The topological polar surface area (TPSA) is 96.4 Å². The van der Waals surface area contributed by atoms with Crippen LogP contribution in [0, 0.1) is 18.3 Å². The summed E-state index contributed by atoms with van der Waals surface area (Å²) < 4.78 is 31.5. The SMILES string of the molecule is Cc1c(N)cccc1S(=O)(=O)N1CCOC(C#N)C1. The zero-order valence-electron chi connectivity index (χ0n) is 10.5. The first-order valence-corrected chi connectivity index (χ1v) is 7.27. The van der Waals surface area contributed by atoms with E-state index in [2.05, 4.69) is 0 Å². The lowest BCUT2D eigenvalue weighted by Crippen LogP contribution is -2.45. The van der Waals surface area contributed by atoms with Gasteiger partial charge in [0.1, 0.15) is 0 Å². The third-order valence-electron chi connectivity index (χ3n) is 3.12. The highest BCUT2D eigenvalue weighted by atomic mass is 32.2. The number of nitrogens with zero attached hydrogens (tertiary/aromatic N) is 2. The Bertz CT molecular complexity index is 622. The number of morpholine rings is 1. The number of nitriles is 1. The Morgan fingerprint density at radius 3 is 2.95 bits per heavy atom. The highest BCUT2D eigenvalue weighted by molar-refractivity contribution is 7.89. The fourth-order valence-electron chi connectivity index (χ4n) is 1.97. The summed E-state index contributed by atoms with van der Waals surface area (Å²) in [6.45, 7) is 2.19. The Balaban J connectivity index is 2.37. The first-order valence-electron chi connectivity index (χ1n) is 5.83. The van der Waals surface area contributed by atoms with E-state index in [0.29, 0.717) is 11.3 Å². The monoisotopic (exact) mass is 281 g/mol. The van der Waals surface area contributed by atoms with Gasteiger partial charge in [0.25, 0.3) is 0 Å². The summed E-state index contributed by atoms with van der Waals surface area (Å²) in [5, 5.41) is 8.83. The van der Waals surface area contributed by atoms with Crippen LogP contribution in [-0.2, 0) is 14.8 Å². The van der Waals surface area contributed by atoms with Crippen LogP contribution in [0.4, 0.5) is 5.69 Å². The van der Waals surface area contributed by atoms with Crippen molar-refractivity contribution in [3.05, 3.63) is 23.8 Å². The molecule has 102 valence electrons. The van der Waals surface area contributed by atoms with E-state index in [0.717, 1.165) is 0 Å². The van der Waals surface area contributed by atoms with Gasteiger partial charge in [-0.2, -0.15) is 9.57 Å². The molecule has 2 rings (SSSR count). The van der Waals surface area contributed by atoms with Crippen LogP contribution in [0.25, 0.3) is 0 Å². The molecule has 0 saturated carbocycles. The van der Waals surface area contributed by atoms with Gasteiger partial charge in [-0.15, -0.1) is 0 Å². The Kier molecular flexibility index (Phi) is 3.75. The predicted octanol–water partition coefficient (Wildman–Crippen LogP) is 0.490. The van der Waals surface area contributed by atoms with Crippen LogP contribution < -0.4 is 5.73 Å². The van der Waals surface area contributed by atoms with Crippen LogP contribution >= 0.6 is 0 Å². The number of sulfonamides is 1. The van der Waals surface area contributed by atoms with E-state index in [1.165, 1.54) is 10.4 Å². The van der Waals surface area contributed by atoms with Gasteiger partial charge in [-0.3, -0.25) is 0 Å². The third kappa shape index (κ3) is 2.56. The molecule has 2 N–H and O–H groups in total. The molecule has 1 aliphatic rings. The minimum Gasteiger partial charge on any atom is -0.398 e. The van der Waals surface area contributed by atoms with E-state index in [9.17, 15) is 8.42 Å². The van der Waals surface area contributed by atoms with Crippen molar-refractivity contribution in [1.82, 2.24) is 4.31 Å². The van der Waals surface area contributed by atoms with Gasteiger partial charge in [-0.05, 0) is 24.6 Å². The molecule has 1 aromatic carbocycles. The van der Waals surface area contributed by atoms with E-state index in [1.54, 1.807) is 19.1 Å². The predicted molar refractivity (Wildman–Crippen MR) is 69.7 cm³/mol. The molecule has 1 unspecified atom stereocenters. The molecule has 1 aliphatic heterocycles.